The topological polar surface area (TPSA) is 28.6 Å². The molecule has 5 heteroatoms. The fourth-order valence-corrected chi connectivity index (χ4v) is 2.44. The maximum atomic E-state index is 5.72. The van der Waals surface area contributed by atoms with Gasteiger partial charge in [-0.3, -0.25) is 0 Å². The first kappa shape index (κ1) is 13.1. The molecule has 18 heavy (non-hydrogen) atoms. The lowest BCUT2D eigenvalue weighted by Gasteiger charge is -2.10. The molecule has 2 rings (SSSR count). The van der Waals surface area contributed by atoms with Crippen molar-refractivity contribution in [2.24, 2.45) is 0 Å². The molecule has 0 bridgehead atoms. The average molecular weight is 265 g/mol. The summed E-state index contributed by atoms with van der Waals surface area (Å²) in [6, 6.07) is 6.07. The summed E-state index contributed by atoms with van der Waals surface area (Å²) in [4.78, 5) is 8.67. The molecule has 1 aromatic heterocycles. The maximum Gasteiger partial charge on any atom is 0.185 e. The zero-order valence-corrected chi connectivity index (χ0v) is 12.1. The van der Waals surface area contributed by atoms with Crippen LogP contribution in [0.1, 0.15) is 0 Å². The second kappa shape index (κ2) is 5.54. The van der Waals surface area contributed by atoms with Gasteiger partial charge in [0.1, 0.15) is 12.4 Å². The van der Waals surface area contributed by atoms with Crippen LogP contribution in [0.2, 0.25) is 0 Å². The molecule has 0 aliphatic carbocycles. The van der Waals surface area contributed by atoms with Crippen LogP contribution in [0, 0.1) is 0 Å². The van der Waals surface area contributed by atoms with Gasteiger partial charge in [-0.15, -0.1) is 0 Å². The van der Waals surface area contributed by atoms with Crippen LogP contribution in [-0.2, 0) is 0 Å². The van der Waals surface area contributed by atoms with Gasteiger partial charge in [0.2, 0.25) is 0 Å². The van der Waals surface area contributed by atoms with Crippen molar-refractivity contribution < 1.29 is 4.74 Å². The summed E-state index contributed by atoms with van der Waals surface area (Å²) in [6.45, 7) is 1.63. The quantitative estimate of drug-likeness (QED) is 0.829. The second-order valence-corrected chi connectivity index (χ2v) is 5.68. The minimum atomic E-state index is 0.706. The number of thiazole rings is 1. The highest BCUT2D eigenvalue weighted by molar-refractivity contribution is 7.22. The molecule has 0 fully saturated rings. The molecule has 0 saturated carbocycles. The van der Waals surface area contributed by atoms with Gasteiger partial charge in [0, 0.05) is 20.6 Å². The fourth-order valence-electron chi connectivity index (χ4n) is 1.52. The summed E-state index contributed by atoms with van der Waals surface area (Å²) < 4.78 is 6.89. The highest BCUT2D eigenvalue weighted by Crippen LogP contribution is 2.30. The van der Waals surface area contributed by atoms with Crippen LogP contribution in [0.3, 0.4) is 0 Å². The Bertz CT molecular complexity index is 522. The molecule has 0 atom stereocenters. The molecule has 0 spiro atoms. The third-order valence-corrected chi connectivity index (χ3v) is 3.72. The monoisotopic (exact) mass is 265 g/mol. The Kier molecular flexibility index (Phi) is 4.04. The van der Waals surface area contributed by atoms with E-state index in [1.165, 1.54) is 4.70 Å². The van der Waals surface area contributed by atoms with E-state index in [-0.39, 0.29) is 0 Å². The van der Waals surface area contributed by atoms with Crippen molar-refractivity contribution in [3.05, 3.63) is 18.2 Å². The van der Waals surface area contributed by atoms with E-state index in [2.05, 4.69) is 16.0 Å². The molecule has 0 N–H and O–H groups in total. The molecule has 0 aliphatic heterocycles. The van der Waals surface area contributed by atoms with Crippen LogP contribution in [0.15, 0.2) is 18.2 Å². The van der Waals surface area contributed by atoms with Crippen molar-refractivity contribution in [1.29, 1.82) is 0 Å². The van der Waals surface area contributed by atoms with Gasteiger partial charge in [0.05, 0.1) is 10.2 Å². The van der Waals surface area contributed by atoms with E-state index >= 15 is 0 Å². The van der Waals surface area contributed by atoms with Crippen LogP contribution in [0.4, 0.5) is 5.13 Å². The van der Waals surface area contributed by atoms with Crippen molar-refractivity contribution in [2.75, 3.05) is 46.2 Å². The molecule has 4 nitrogen and oxygen atoms in total. The van der Waals surface area contributed by atoms with Crippen LogP contribution < -0.4 is 9.64 Å². The third-order valence-electron chi connectivity index (χ3n) is 2.54. The minimum Gasteiger partial charge on any atom is -0.492 e. The third kappa shape index (κ3) is 3.11. The standard InChI is InChI=1S/C13H19N3OS/c1-15(2)7-8-17-10-5-6-11-12(9-10)18-13(14-11)16(3)4/h5-6,9H,7-8H2,1-4H3. The van der Waals surface area contributed by atoms with E-state index in [9.17, 15) is 0 Å². The molecule has 0 aliphatic rings. The van der Waals surface area contributed by atoms with E-state index in [1.54, 1.807) is 11.3 Å². The largest absolute Gasteiger partial charge is 0.492 e. The van der Waals surface area contributed by atoms with Gasteiger partial charge in [0.25, 0.3) is 0 Å². The van der Waals surface area contributed by atoms with Gasteiger partial charge in [-0.1, -0.05) is 11.3 Å². The van der Waals surface area contributed by atoms with Crippen LogP contribution in [0.5, 0.6) is 5.75 Å². The Morgan fingerprint density at radius 2 is 2.00 bits per heavy atom. The normalized spacial score (nSPS) is 11.2. The first-order chi connectivity index (χ1) is 8.56. The number of likely N-dealkylation sites (N-methyl/N-ethyl adjacent to an activating group) is 1. The number of hydrogen-bond acceptors (Lipinski definition) is 5. The Labute approximate surface area is 112 Å². The number of nitrogens with zero attached hydrogens (tertiary/aromatic N) is 3. The maximum absolute atomic E-state index is 5.72. The lowest BCUT2D eigenvalue weighted by atomic mass is 10.3. The Hall–Kier alpha value is -1.33. The molecular formula is C13H19N3OS. The SMILES string of the molecule is CN(C)CCOc1ccc2nc(N(C)C)sc2c1. The Balaban J connectivity index is 2.11. The van der Waals surface area contributed by atoms with Gasteiger partial charge in [-0.2, -0.15) is 0 Å². The van der Waals surface area contributed by atoms with Gasteiger partial charge < -0.3 is 14.5 Å². The number of fused-ring (bicyclic) bond motifs is 1. The van der Waals surface area contributed by atoms with Crippen molar-refractivity contribution in [3.63, 3.8) is 0 Å². The number of benzene rings is 1. The Morgan fingerprint density at radius 3 is 2.67 bits per heavy atom. The first-order valence-corrected chi connectivity index (χ1v) is 6.73. The molecule has 98 valence electrons. The molecule has 1 heterocycles. The fraction of sp³-hybridized carbons (Fsp3) is 0.462. The van der Waals surface area contributed by atoms with Crippen molar-refractivity contribution >= 4 is 26.7 Å². The van der Waals surface area contributed by atoms with Gasteiger partial charge >= 0.3 is 0 Å². The van der Waals surface area contributed by atoms with Crippen LogP contribution >= 0.6 is 11.3 Å². The van der Waals surface area contributed by atoms with Gasteiger partial charge in [0.15, 0.2) is 5.13 Å². The molecule has 0 radical (unpaired) electrons. The molecule has 0 saturated heterocycles. The van der Waals surface area contributed by atoms with Crippen molar-refractivity contribution in [2.45, 2.75) is 0 Å². The van der Waals surface area contributed by atoms with E-state index in [4.69, 9.17) is 4.74 Å². The van der Waals surface area contributed by atoms with Crippen molar-refractivity contribution in [3.8, 4) is 5.75 Å². The van der Waals surface area contributed by atoms with Gasteiger partial charge in [-0.05, 0) is 32.3 Å². The molecule has 1 aromatic carbocycles. The highest BCUT2D eigenvalue weighted by Gasteiger charge is 2.06. The summed E-state index contributed by atoms with van der Waals surface area (Å²) in [5.74, 6) is 0.915. The summed E-state index contributed by atoms with van der Waals surface area (Å²) in [5, 5.41) is 1.02. The lowest BCUT2D eigenvalue weighted by molar-refractivity contribution is 0.261. The average Bonchev–Trinajstić information content (AvgIpc) is 2.71. The summed E-state index contributed by atoms with van der Waals surface area (Å²) >= 11 is 1.68. The number of ether oxygens (including phenoxy) is 1. The van der Waals surface area contributed by atoms with E-state index in [1.807, 2.05) is 45.2 Å². The van der Waals surface area contributed by atoms with E-state index in [0.717, 1.165) is 22.9 Å². The number of aromatic nitrogens is 1. The minimum absolute atomic E-state index is 0.706. The summed E-state index contributed by atoms with van der Waals surface area (Å²) in [6.07, 6.45) is 0. The number of anilines is 1. The smallest absolute Gasteiger partial charge is 0.185 e. The molecular weight excluding hydrogens is 246 g/mol. The zero-order chi connectivity index (χ0) is 13.1. The van der Waals surface area contributed by atoms with E-state index < -0.39 is 0 Å². The molecule has 0 unspecified atom stereocenters. The predicted molar refractivity (Wildman–Crippen MR) is 78.0 cm³/mol. The zero-order valence-electron chi connectivity index (χ0n) is 11.3. The summed E-state index contributed by atoms with van der Waals surface area (Å²) in [7, 11) is 8.09. The highest BCUT2D eigenvalue weighted by atomic mass is 32.1. The van der Waals surface area contributed by atoms with Crippen LogP contribution in [-0.4, -0.2) is 51.2 Å². The second-order valence-electron chi connectivity index (χ2n) is 4.67. The van der Waals surface area contributed by atoms with Gasteiger partial charge in [-0.25, -0.2) is 4.98 Å². The predicted octanol–water partition coefficient (Wildman–Crippen LogP) is 2.30. The molecule has 0 amide bonds. The van der Waals surface area contributed by atoms with E-state index in [0.29, 0.717) is 6.61 Å². The summed E-state index contributed by atoms with van der Waals surface area (Å²) in [5.41, 5.74) is 1.03. The first-order valence-electron chi connectivity index (χ1n) is 5.91. The Morgan fingerprint density at radius 1 is 1.22 bits per heavy atom. The van der Waals surface area contributed by atoms with Crippen LogP contribution in [0.25, 0.3) is 10.2 Å². The number of hydrogen-bond donors (Lipinski definition) is 0. The lowest BCUT2D eigenvalue weighted by Crippen LogP contribution is -2.19. The number of rotatable bonds is 5. The van der Waals surface area contributed by atoms with Crippen molar-refractivity contribution in [1.82, 2.24) is 9.88 Å². The molecule has 2 aromatic rings.